The van der Waals surface area contributed by atoms with Gasteiger partial charge in [0.2, 0.25) is 0 Å². The zero-order valence-electron chi connectivity index (χ0n) is 11.6. The Morgan fingerprint density at radius 3 is 2.35 bits per heavy atom. The molecule has 0 N–H and O–H groups in total. The number of carbonyl (C=O) groups is 1. The molecule has 0 heterocycles. The minimum absolute atomic E-state index is 0.0513. The Kier molecular flexibility index (Phi) is 3.55. The summed E-state index contributed by atoms with van der Waals surface area (Å²) in [6.45, 7) is 2.32. The van der Waals surface area contributed by atoms with Crippen LogP contribution in [0.25, 0.3) is 11.1 Å². The lowest BCUT2D eigenvalue weighted by Gasteiger charge is -2.04. The van der Waals surface area contributed by atoms with Crippen LogP contribution in [0.5, 0.6) is 0 Å². The third-order valence-electron chi connectivity index (χ3n) is 3.83. The van der Waals surface area contributed by atoms with Crippen LogP contribution in [0.2, 0.25) is 0 Å². The Balaban J connectivity index is 1.71. The molecule has 0 amide bonds. The van der Waals surface area contributed by atoms with Crippen molar-refractivity contribution in [3.8, 4) is 11.1 Å². The molecule has 20 heavy (non-hydrogen) atoms. The molecule has 1 aliphatic rings. The molecule has 2 heteroatoms. The Morgan fingerprint density at radius 2 is 1.70 bits per heavy atom. The average molecular weight is 266 g/mol. The Hall–Kier alpha value is -2.09. The van der Waals surface area contributed by atoms with E-state index in [4.69, 9.17) is 4.74 Å². The second-order valence-electron chi connectivity index (χ2n) is 5.19. The molecule has 102 valence electrons. The summed E-state index contributed by atoms with van der Waals surface area (Å²) >= 11 is 0. The van der Waals surface area contributed by atoms with E-state index in [1.165, 1.54) is 16.7 Å². The molecule has 0 aliphatic heterocycles. The van der Waals surface area contributed by atoms with E-state index in [2.05, 4.69) is 36.4 Å². The molecule has 2 atom stereocenters. The average Bonchev–Trinajstić information content (AvgIpc) is 3.29. The van der Waals surface area contributed by atoms with Crippen molar-refractivity contribution in [1.29, 1.82) is 0 Å². The van der Waals surface area contributed by atoms with Gasteiger partial charge in [0.05, 0.1) is 12.5 Å². The molecular weight excluding hydrogens is 248 g/mol. The summed E-state index contributed by atoms with van der Waals surface area (Å²) < 4.78 is 5.07. The van der Waals surface area contributed by atoms with Crippen LogP contribution in [0.15, 0.2) is 54.6 Å². The van der Waals surface area contributed by atoms with Gasteiger partial charge in [0, 0.05) is 0 Å². The molecule has 1 saturated carbocycles. The van der Waals surface area contributed by atoms with Crippen LogP contribution in [0.4, 0.5) is 0 Å². The summed E-state index contributed by atoms with van der Waals surface area (Å²) in [5.41, 5.74) is 3.67. The second kappa shape index (κ2) is 5.49. The fourth-order valence-electron chi connectivity index (χ4n) is 2.63. The van der Waals surface area contributed by atoms with Crippen molar-refractivity contribution in [3.05, 3.63) is 60.2 Å². The molecule has 0 unspecified atom stereocenters. The first-order chi connectivity index (χ1) is 9.79. The van der Waals surface area contributed by atoms with Crippen molar-refractivity contribution < 1.29 is 9.53 Å². The van der Waals surface area contributed by atoms with Gasteiger partial charge in [-0.1, -0.05) is 54.6 Å². The lowest BCUT2D eigenvalue weighted by atomic mass is 10.0. The number of hydrogen-bond donors (Lipinski definition) is 0. The van der Waals surface area contributed by atoms with Gasteiger partial charge in [0.1, 0.15) is 0 Å². The van der Waals surface area contributed by atoms with Gasteiger partial charge in [0.25, 0.3) is 0 Å². The summed E-state index contributed by atoms with van der Waals surface area (Å²) in [5, 5.41) is 0. The summed E-state index contributed by atoms with van der Waals surface area (Å²) in [4.78, 5) is 11.7. The predicted octanol–water partition coefficient (Wildman–Crippen LogP) is 4.02. The minimum atomic E-state index is -0.0513. The maximum absolute atomic E-state index is 11.7. The van der Waals surface area contributed by atoms with E-state index in [1.54, 1.807) is 0 Å². The third-order valence-corrected chi connectivity index (χ3v) is 3.83. The van der Waals surface area contributed by atoms with Crippen LogP contribution < -0.4 is 0 Å². The maximum Gasteiger partial charge on any atom is 0.309 e. The third kappa shape index (κ3) is 2.60. The van der Waals surface area contributed by atoms with Gasteiger partial charge in [-0.2, -0.15) is 0 Å². The highest BCUT2D eigenvalue weighted by Gasteiger charge is 2.44. The van der Waals surface area contributed by atoms with Gasteiger partial charge in [-0.3, -0.25) is 4.79 Å². The SMILES string of the molecule is CCOC(=O)[C@@H]1C[C@H]1c1ccc(-c2ccccc2)cc1. The van der Waals surface area contributed by atoms with Gasteiger partial charge in [-0.15, -0.1) is 0 Å². The first-order valence-electron chi connectivity index (χ1n) is 7.11. The summed E-state index contributed by atoms with van der Waals surface area (Å²) in [6, 6.07) is 18.8. The molecular formula is C18H18O2. The highest BCUT2D eigenvalue weighted by molar-refractivity contribution is 5.77. The standard InChI is InChI=1S/C18H18O2/c1-2-20-18(19)17-12-16(17)15-10-8-14(9-11-15)13-6-4-3-5-7-13/h3-11,16-17H,2,12H2,1H3/t16-,17+/m0/s1. The monoisotopic (exact) mass is 266 g/mol. The summed E-state index contributed by atoms with van der Waals surface area (Å²) in [7, 11) is 0. The summed E-state index contributed by atoms with van der Waals surface area (Å²) in [5.74, 6) is 0.362. The Morgan fingerprint density at radius 1 is 1.05 bits per heavy atom. The van der Waals surface area contributed by atoms with E-state index >= 15 is 0 Å². The van der Waals surface area contributed by atoms with Crippen molar-refractivity contribution in [3.63, 3.8) is 0 Å². The van der Waals surface area contributed by atoms with Crippen LogP contribution in [-0.2, 0) is 9.53 Å². The Labute approximate surface area is 119 Å². The van der Waals surface area contributed by atoms with Gasteiger partial charge in [-0.05, 0) is 36.0 Å². The van der Waals surface area contributed by atoms with E-state index < -0.39 is 0 Å². The molecule has 1 aliphatic carbocycles. The molecule has 0 bridgehead atoms. The zero-order valence-corrected chi connectivity index (χ0v) is 11.6. The molecule has 0 radical (unpaired) electrons. The quantitative estimate of drug-likeness (QED) is 0.781. The minimum Gasteiger partial charge on any atom is -0.466 e. The van der Waals surface area contributed by atoms with Crippen molar-refractivity contribution in [2.45, 2.75) is 19.3 Å². The van der Waals surface area contributed by atoms with Crippen molar-refractivity contribution >= 4 is 5.97 Å². The molecule has 0 aromatic heterocycles. The number of benzene rings is 2. The van der Waals surface area contributed by atoms with Crippen molar-refractivity contribution in [2.75, 3.05) is 6.61 Å². The first kappa shape index (κ1) is 12.9. The maximum atomic E-state index is 11.7. The summed E-state index contributed by atoms with van der Waals surface area (Å²) in [6.07, 6.45) is 0.920. The van der Waals surface area contributed by atoms with Crippen LogP contribution in [-0.4, -0.2) is 12.6 Å². The van der Waals surface area contributed by atoms with Crippen LogP contribution in [0, 0.1) is 5.92 Å². The molecule has 2 aromatic rings. The van der Waals surface area contributed by atoms with E-state index in [0.29, 0.717) is 12.5 Å². The van der Waals surface area contributed by atoms with Crippen molar-refractivity contribution in [1.82, 2.24) is 0 Å². The predicted molar refractivity (Wildman–Crippen MR) is 79.4 cm³/mol. The lowest BCUT2D eigenvalue weighted by molar-refractivity contribution is -0.144. The van der Waals surface area contributed by atoms with E-state index in [0.717, 1.165) is 6.42 Å². The van der Waals surface area contributed by atoms with Crippen LogP contribution in [0.3, 0.4) is 0 Å². The number of rotatable bonds is 4. The Bertz CT molecular complexity index is 587. The van der Waals surface area contributed by atoms with Crippen molar-refractivity contribution in [2.24, 2.45) is 5.92 Å². The molecule has 3 rings (SSSR count). The van der Waals surface area contributed by atoms with Crippen LogP contribution >= 0.6 is 0 Å². The zero-order chi connectivity index (χ0) is 13.9. The van der Waals surface area contributed by atoms with Gasteiger partial charge >= 0.3 is 5.97 Å². The molecule has 2 aromatic carbocycles. The molecule has 0 saturated heterocycles. The smallest absolute Gasteiger partial charge is 0.309 e. The van der Waals surface area contributed by atoms with Gasteiger partial charge in [0.15, 0.2) is 0 Å². The first-order valence-corrected chi connectivity index (χ1v) is 7.11. The fraction of sp³-hybridized carbons (Fsp3) is 0.278. The lowest BCUT2D eigenvalue weighted by Crippen LogP contribution is -2.07. The number of carbonyl (C=O) groups excluding carboxylic acids is 1. The largest absolute Gasteiger partial charge is 0.466 e. The van der Waals surface area contributed by atoms with E-state index in [-0.39, 0.29) is 11.9 Å². The fourth-order valence-corrected chi connectivity index (χ4v) is 2.63. The van der Waals surface area contributed by atoms with E-state index in [1.807, 2.05) is 25.1 Å². The van der Waals surface area contributed by atoms with E-state index in [9.17, 15) is 4.79 Å². The highest BCUT2D eigenvalue weighted by Crippen LogP contribution is 2.48. The molecule has 0 spiro atoms. The molecule has 1 fully saturated rings. The number of ether oxygens (including phenoxy) is 1. The van der Waals surface area contributed by atoms with Crippen LogP contribution in [0.1, 0.15) is 24.8 Å². The van der Waals surface area contributed by atoms with Gasteiger partial charge < -0.3 is 4.74 Å². The number of esters is 1. The topological polar surface area (TPSA) is 26.3 Å². The number of hydrogen-bond acceptors (Lipinski definition) is 2. The highest BCUT2D eigenvalue weighted by atomic mass is 16.5. The second-order valence-corrected chi connectivity index (χ2v) is 5.19. The normalized spacial score (nSPS) is 20.4. The van der Waals surface area contributed by atoms with Gasteiger partial charge in [-0.25, -0.2) is 0 Å². The molecule has 2 nitrogen and oxygen atoms in total.